The van der Waals surface area contributed by atoms with Crippen LogP contribution in [0.15, 0.2) is 39.1 Å². The largest absolute Gasteiger partial charge is 0.303 e. The van der Waals surface area contributed by atoms with Crippen molar-refractivity contribution in [2.75, 3.05) is 20.4 Å². The number of hydrogen-bond donors (Lipinski definition) is 0. The van der Waals surface area contributed by atoms with Gasteiger partial charge in [0.2, 0.25) is 9.84 Å². The van der Waals surface area contributed by atoms with Gasteiger partial charge in [0.25, 0.3) is 0 Å². The van der Waals surface area contributed by atoms with Crippen LogP contribution in [-0.4, -0.2) is 48.3 Å². The fraction of sp³-hybridized carbons (Fsp3) is 0.368. The molecule has 1 unspecified atom stereocenters. The number of rotatable bonds is 5. The Kier molecular flexibility index (Phi) is 5.78. The van der Waals surface area contributed by atoms with Crippen LogP contribution in [0.2, 0.25) is 5.02 Å². The Morgan fingerprint density at radius 2 is 1.93 bits per heavy atom. The zero-order valence-electron chi connectivity index (χ0n) is 16.7. The monoisotopic (exact) mass is 438 g/mol. The predicted molar refractivity (Wildman–Crippen MR) is 113 cm³/mol. The van der Waals surface area contributed by atoms with E-state index in [1.54, 1.807) is 16.6 Å². The second-order valence-corrected chi connectivity index (χ2v) is 9.99. The Morgan fingerprint density at radius 1 is 1.25 bits per heavy atom. The van der Waals surface area contributed by atoms with Crippen LogP contribution in [0, 0.1) is 13.8 Å². The van der Waals surface area contributed by atoms with Gasteiger partial charge >= 0.3 is 0 Å². The molecule has 0 N–H and O–H groups in total. The molecule has 9 heteroatoms. The van der Waals surface area contributed by atoms with E-state index in [1.807, 2.05) is 34.2 Å². The lowest BCUT2D eigenvalue weighted by atomic mass is 10.0. The van der Waals surface area contributed by atoms with Crippen molar-refractivity contribution in [3.05, 3.63) is 46.2 Å². The quantitative estimate of drug-likeness (QED) is 0.557. The molecule has 1 aromatic carbocycles. The minimum absolute atomic E-state index is 0.117. The van der Waals surface area contributed by atoms with Crippen LogP contribution >= 0.6 is 23.4 Å². The first-order chi connectivity index (χ1) is 13.1. The highest BCUT2D eigenvalue weighted by Gasteiger charge is 2.30. The van der Waals surface area contributed by atoms with Gasteiger partial charge in [-0.3, -0.25) is 0 Å². The number of halogens is 1. The number of fused-ring (bicyclic) bond motifs is 1. The van der Waals surface area contributed by atoms with Gasteiger partial charge in [0.15, 0.2) is 10.5 Å². The lowest BCUT2D eigenvalue weighted by Gasteiger charge is -2.23. The summed E-state index contributed by atoms with van der Waals surface area (Å²) in [6, 6.07) is 6.38. The second-order valence-electron chi connectivity index (χ2n) is 6.87. The number of benzene rings is 1. The molecule has 0 aliphatic rings. The summed E-state index contributed by atoms with van der Waals surface area (Å²) in [6.07, 6.45) is 1.81. The predicted octanol–water partition coefficient (Wildman–Crippen LogP) is 4.18. The van der Waals surface area contributed by atoms with Crippen LogP contribution in [0.5, 0.6) is 0 Å². The van der Waals surface area contributed by atoms with Crippen LogP contribution in [-0.2, 0) is 9.84 Å². The molecular weight excluding hydrogens is 416 g/mol. The lowest BCUT2D eigenvalue weighted by Crippen LogP contribution is -2.21. The summed E-state index contributed by atoms with van der Waals surface area (Å²) in [5.74, 6) is 0. The number of aromatic nitrogens is 3. The molecular formula is C19H23ClN4O2S2. The molecule has 3 rings (SSSR count). The van der Waals surface area contributed by atoms with Gasteiger partial charge in [-0.1, -0.05) is 17.7 Å². The van der Waals surface area contributed by atoms with Crippen molar-refractivity contribution in [3.8, 4) is 0 Å². The molecule has 0 saturated heterocycles. The van der Waals surface area contributed by atoms with Gasteiger partial charge in [-0.15, -0.1) is 11.8 Å². The van der Waals surface area contributed by atoms with Crippen LogP contribution < -0.4 is 0 Å². The van der Waals surface area contributed by atoms with E-state index in [9.17, 15) is 8.42 Å². The zero-order valence-corrected chi connectivity index (χ0v) is 19.1. The van der Waals surface area contributed by atoms with E-state index in [0.717, 1.165) is 17.0 Å². The second kappa shape index (κ2) is 7.67. The maximum atomic E-state index is 13.4. The Balaban J connectivity index is 2.36. The maximum absolute atomic E-state index is 13.4. The third kappa shape index (κ3) is 3.43. The van der Waals surface area contributed by atoms with Crippen LogP contribution in [0.1, 0.15) is 29.9 Å². The van der Waals surface area contributed by atoms with Gasteiger partial charge < -0.3 is 4.90 Å². The number of thioether (sulfide) groups is 1. The van der Waals surface area contributed by atoms with Crippen LogP contribution in [0.4, 0.5) is 0 Å². The molecule has 0 bridgehead atoms. The topological polar surface area (TPSA) is 67.6 Å². The number of nitrogens with zero attached hydrogens (tertiary/aromatic N) is 4. The van der Waals surface area contributed by atoms with Gasteiger partial charge in [-0.2, -0.15) is 5.10 Å². The number of sulfone groups is 1. The van der Waals surface area contributed by atoms with Crippen molar-refractivity contribution in [2.45, 2.75) is 41.6 Å². The van der Waals surface area contributed by atoms with Gasteiger partial charge in [0.1, 0.15) is 5.03 Å². The first-order valence-electron chi connectivity index (χ1n) is 8.70. The third-order valence-electron chi connectivity index (χ3n) is 4.92. The van der Waals surface area contributed by atoms with Crippen molar-refractivity contribution < 1.29 is 8.42 Å². The molecule has 3 aromatic rings. The molecule has 0 amide bonds. The van der Waals surface area contributed by atoms with Crippen molar-refractivity contribution in [3.63, 3.8) is 0 Å². The van der Waals surface area contributed by atoms with Gasteiger partial charge in [-0.05, 0) is 59.3 Å². The summed E-state index contributed by atoms with van der Waals surface area (Å²) in [4.78, 5) is 7.01. The standard InChI is InChI=1S/C19H23ClN4O2S2/c1-11-16(12(2)23(4)5)13(3)24-18(21-11)17(19(22-24)27-6)28(25,26)15-9-7-8-14(20)10-15/h7-10,12H,1-6H3. The van der Waals surface area contributed by atoms with E-state index in [1.165, 1.54) is 23.9 Å². The fourth-order valence-electron chi connectivity index (χ4n) is 3.29. The summed E-state index contributed by atoms with van der Waals surface area (Å²) < 4.78 is 28.5. The average Bonchev–Trinajstić information content (AvgIpc) is 3.01. The molecule has 1 atom stereocenters. The highest BCUT2D eigenvalue weighted by molar-refractivity contribution is 7.99. The molecule has 0 fully saturated rings. The zero-order chi connectivity index (χ0) is 20.8. The normalized spacial score (nSPS) is 13.4. The molecule has 0 saturated carbocycles. The molecule has 6 nitrogen and oxygen atoms in total. The molecule has 150 valence electrons. The fourth-order valence-corrected chi connectivity index (χ4v) is 5.98. The van der Waals surface area contributed by atoms with E-state index in [4.69, 9.17) is 11.6 Å². The summed E-state index contributed by atoms with van der Waals surface area (Å²) in [7, 11) is 0.166. The minimum atomic E-state index is -3.83. The summed E-state index contributed by atoms with van der Waals surface area (Å²) in [6.45, 7) is 5.94. The maximum Gasteiger partial charge on any atom is 0.213 e. The molecule has 0 spiro atoms. The van der Waals surface area contributed by atoms with E-state index >= 15 is 0 Å². The van der Waals surface area contributed by atoms with E-state index < -0.39 is 9.84 Å². The number of aryl methyl sites for hydroxylation is 2. The first kappa shape index (κ1) is 21.1. The summed E-state index contributed by atoms with van der Waals surface area (Å²) in [5, 5.41) is 5.36. The van der Waals surface area contributed by atoms with Gasteiger partial charge in [0, 0.05) is 28.0 Å². The van der Waals surface area contributed by atoms with Gasteiger partial charge in [-0.25, -0.2) is 17.9 Å². The van der Waals surface area contributed by atoms with Crippen LogP contribution in [0.25, 0.3) is 5.65 Å². The van der Waals surface area contributed by atoms with Crippen molar-refractivity contribution in [1.82, 2.24) is 19.5 Å². The molecule has 0 aliphatic carbocycles. The molecule has 0 radical (unpaired) electrons. The SMILES string of the molecule is CSc1nn2c(C)c(C(C)N(C)C)c(C)nc2c1S(=O)(=O)c1cccc(Cl)c1. The highest BCUT2D eigenvalue weighted by Crippen LogP contribution is 2.35. The average molecular weight is 439 g/mol. The first-order valence-corrected chi connectivity index (χ1v) is 11.8. The Morgan fingerprint density at radius 3 is 2.50 bits per heavy atom. The van der Waals surface area contributed by atoms with Crippen LogP contribution in [0.3, 0.4) is 0 Å². The third-order valence-corrected chi connectivity index (χ3v) is 7.75. The van der Waals surface area contributed by atoms with Crippen molar-refractivity contribution in [2.24, 2.45) is 0 Å². The van der Waals surface area contributed by atoms with Crippen molar-refractivity contribution >= 4 is 38.8 Å². The lowest BCUT2D eigenvalue weighted by molar-refractivity contribution is 0.317. The molecule has 28 heavy (non-hydrogen) atoms. The minimum Gasteiger partial charge on any atom is -0.303 e. The van der Waals surface area contributed by atoms with Gasteiger partial charge in [0.05, 0.1) is 4.90 Å². The van der Waals surface area contributed by atoms with E-state index in [-0.39, 0.29) is 15.8 Å². The summed E-state index contributed by atoms with van der Waals surface area (Å²) >= 11 is 7.32. The Labute approximate surface area is 174 Å². The molecule has 2 heterocycles. The number of hydrogen-bond acceptors (Lipinski definition) is 6. The molecule has 0 aliphatic heterocycles. The Hall–Kier alpha value is -1.61. The smallest absolute Gasteiger partial charge is 0.213 e. The molecule has 2 aromatic heterocycles. The Bertz CT molecular complexity index is 1160. The highest BCUT2D eigenvalue weighted by atomic mass is 35.5. The van der Waals surface area contributed by atoms with E-state index in [2.05, 4.69) is 21.9 Å². The summed E-state index contributed by atoms with van der Waals surface area (Å²) in [5.41, 5.74) is 3.06. The van der Waals surface area contributed by atoms with E-state index in [0.29, 0.717) is 15.7 Å². The van der Waals surface area contributed by atoms with Crippen molar-refractivity contribution in [1.29, 1.82) is 0 Å².